The first-order chi connectivity index (χ1) is 11.5. The van der Waals surface area contributed by atoms with Crippen molar-refractivity contribution in [2.45, 2.75) is 45.4 Å². The van der Waals surface area contributed by atoms with E-state index >= 15 is 0 Å². The SMILES string of the molecule is Cc1nc2nc3c(cn2n1)C(=O)CC(c1ccc(C(C)C)cc1)C3. The number of benzene rings is 1. The Hall–Kier alpha value is -2.56. The normalized spacial score (nSPS) is 17.5. The van der Waals surface area contributed by atoms with Gasteiger partial charge >= 0.3 is 0 Å². The molecule has 0 N–H and O–H groups in total. The fraction of sp³-hybridized carbons (Fsp3) is 0.368. The van der Waals surface area contributed by atoms with Crippen LogP contribution in [0, 0.1) is 6.92 Å². The second kappa shape index (κ2) is 5.51. The van der Waals surface area contributed by atoms with Crippen LogP contribution in [0.15, 0.2) is 30.5 Å². The van der Waals surface area contributed by atoms with Crippen LogP contribution in [0.2, 0.25) is 0 Å². The van der Waals surface area contributed by atoms with Gasteiger partial charge in [-0.05, 0) is 36.3 Å². The van der Waals surface area contributed by atoms with E-state index in [0.717, 1.165) is 12.1 Å². The van der Waals surface area contributed by atoms with Gasteiger partial charge in [0.05, 0.1) is 11.3 Å². The lowest BCUT2D eigenvalue weighted by Gasteiger charge is -2.23. The van der Waals surface area contributed by atoms with E-state index in [9.17, 15) is 4.79 Å². The van der Waals surface area contributed by atoms with Crippen LogP contribution in [0.25, 0.3) is 5.78 Å². The maximum Gasteiger partial charge on any atom is 0.252 e. The van der Waals surface area contributed by atoms with Gasteiger partial charge in [-0.3, -0.25) is 4.79 Å². The van der Waals surface area contributed by atoms with Crippen LogP contribution >= 0.6 is 0 Å². The number of hydrogen-bond acceptors (Lipinski definition) is 4. The number of aryl methyl sites for hydroxylation is 1. The Balaban J connectivity index is 1.69. The molecule has 0 saturated heterocycles. The summed E-state index contributed by atoms with van der Waals surface area (Å²) >= 11 is 0. The standard InChI is InChI=1S/C19H20N4O/c1-11(2)13-4-6-14(7-5-13)15-8-17-16(18(24)9-15)10-23-19(21-17)20-12(3)22-23/h4-7,10-11,15H,8-9H2,1-3H3. The molecule has 0 spiro atoms. The molecule has 2 aromatic heterocycles. The molecule has 1 aliphatic rings. The third kappa shape index (κ3) is 2.50. The van der Waals surface area contributed by atoms with Gasteiger partial charge in [-0.25, -0.2) is 9.50 Å². The third-order valence-electron chi connectivity index (χ3n) is 4.76. The van der Waals surface area contributed by atoms with Gasteiger partial charge in [-0.1, -0.05) is 38.1 Å². The minimum absolute atomic E-state index is 0.136. The van der Waals surface area contributed by atoms with E-state index in [-0.39, 0.29) is 11.7 Å². The fourth-order valence-electron chi connectivity index (χ4n) is 3.38. The van der Waals surface area contributed by atoms with Crippen molar-refractivity contribution < 1.29 is 4.79 Å². The average molecular weight is 320 g/mol. The molecule has 5 nitrogen and oxygen atoms in total. The highest BCUT2D eigenvalue weighted by Gasteiger charge is 2.28. The molecule has 4 rings (SSSR count). The topological polar surface area (TPSA) is 60.1 Å². The molecule has 0 radical (unpaired) electrons. The summed E-state index contributed by atoms with van der Waals surface area (Å²) in [7, 11) is 0. The number of rotatable bonds is 2. The molecule has 1 atom stereocenters. The number of ketones is 1. The van der Waals surface area contributed by atoms with Crippen LogP contribution in [0.5, 0.6) is 0 Å². The van der Waals surface area contributed by atoms with Crippen molar-refractivity contribution in [3.63, 3.8) is 0 Å². The second-order valence-electron chi connectivity index (χ2n) is 6.85. The Bertz CT molecular complexity index is 924. The second-order valence-corrected chi connectivity index (χ2v) is 6.85. The van der Waals surface area contributed by atoms with E-state index in [1.165, 1.54) is 11.1 Å². The van der Waals surface area contributed by atoms with Gasteiger partial charge in [-0.15, -0.1) is 0 Å². The van der Waals surface area contributed by atoms with E-state index in [1.54, 1.807) is 10.7 Å². The molecule has 0 aliphatic heterocycles. The van der Waals surface area contributed by atoms with E-state index in [1.807, 2.05) is 6.92 Å². The predicted molar refractivity (Wildman–Crippen MR) is 91.4 cm³/mol. The summed E-state index contributed by atoms with van der Waals surface area (Å²) in [5.74, 6) is 2.06. The Morgan fingerprint density at radius 2 is 1.88 bits per heavy atom. The van der Waals surface area contributed by atoms with Crippen molar-refractivity contribution in [3.8, 4) is 0 Å². The zero-order valence-electron chi connectivity index (χ0n) is 14.2. The molecule has 122 valence electrons. The smallest absolute Gasteiger partial charge is 0.252 e. The van der Waals surface area contributed by atoms with Gasteiger partial charge < -0.3 is 0 Å². The molecule has 2 heterocycles. The van der Waals surface area contributed by atoms with Crippen LogP contribution < -0.4 is 0 Å². The van der Waals surface area contributed by atoms with Crippen molar-refractivity contribution in [3.05, 3.63) is 58.7 Å². The number of hydrogen-bond donors (Lipinski definition) is 0. The quantitative estimate of drug-likeness (QED) is 0.725. The molecular formula is C19H20N4O. The minimum Gasteiger partial charge on any atom is -0.294 e. The van der Waals surface area contributed by atoms with Crippen LogP contribution in [0.1, 0.15) is 65.1 Å². The molecule has 3 aromatic rings. The largest absolute Gasteiger partial charge is 0.294 e. The highest BCUT2D eigenvalue weighted by molar-refractivity contribution is 5.98. The van der Waals surface area contributed by atoms with Crippen molar-refractivity contribution in [1.29, 1.82) is 0 Å². The number of aromatic nitrogens is 4. The van der Waals surface area contributed by atoms with Crippen molar-refractivity contribution in [2.24, 2.45) is 0 Å². The van der Waals surface area contributed by atoms with Crippen LogP contribution in [-0.4, -0.2) is 25.4 Å². The lowest BCUT2D eigenvalue weighted by Crippen LogP contribution is -2.21. The molecule has 1 aromatic carbocycles. The van der Waals surface area contributed by atoms with Crippen molar-refractivity contribution >= 4 is 11.6 Å². The van der Waals surface area contributed by atoms with Gasteiger partial charge in [0.2, 0.25) is 0 Å². The highest BCUT2D eigenvalue weighted by Crippen LogP contribution is 2.32. The summed E-state index contributed by atoms with van der Waals surface area (Å²) in [6, 6.07) is 8.63. The Labute approximate surface area is 140 Å². The molecule has 0 fully saturated rings. The molecule has 1 aliphatic carbocycles. The summed E-state index contributed by atoms with van der Waals surface area (Å²) in [5.41, 5.74) is 4.05. The number of fused-ring (bicyclic) bond motifs is 2. The van der Waals surface area contributed by atoms with Gasteiger partial charge in [-0.2, -0.15) is 10.1 Å². The summed E-state index contributed by atoms with van der Waals surface area (Å²) in [5, 5.41) is 4.25. The predicted octanol–water partition coefficient (Wildman–Crippen LogP) is 3.47. The zero-order chi connectivity index (χ0) is 16.8. The first kappa shape index (κ1) is 15.0. The Kier molecular flexibility index (Phi) is 3.44. The van der Waals surface area contributed by atoms with Gasteiger partial charge in [0.15, 0.2) is 5.78 Å². The third-order valence-corrected chi connectivity index (χ3v) is 4.76. The average Bonchev–Trinajstić information content (AvgIpc) is 2.92. The van der Waals surface area contributed by atoms with Crippen molar-refractivity contribution in [2.75, 3.05) is 0 Å². The number of Topliss-reactive ketones (excluding diaryl/α,β-unsaturated/α-hetero) is 1. The van der Waals surface area contributed by atoms with Gasteiger partial charge in [0.25, 0.3) is 5.78 Å². The molecule has 0 bridgehead atoms. The number of nitrogens with zero attached hydrogens (tertiary/aromatic N) is 4. The van der Waals surface area contributed by atoms with Crippen LogP contribution in [0.4, 0.5) is 0 Å². The Morgan fingerprint density at radius 3 is 2.58 bits per heavy atom. The number of carbonyl (C=O) groups is 1. The van der Waals surface area contributed by atoms with E-state index in [2.05, 4.69) is 53.2 Å². The molecule has 1 unspecified atom stereocenters. The lowest BCUT2D eigenvalue weighted by molar-refractivity contribution is 0.0962. The molecule has 0 amide bonds. The molecular weight excluding hydrogens is 300 g/mol. The number of carbonyl (C=O) groups excluding carboxylic acids is 1. The lowest BCUT2D eigenvalue weighted by atomic mass is 9.81. The molecule has 24 heavy (non-hydrogen) atoms. The van der Waals surface area contributed by atoms with E-state index in [4.69, 9.17) is 0 Å². The monoisotopic (exact) mass is 320 g/mol. The van der Waals surface area contributed by atoms with E-state index in [0.29, 0.717) is 29.5 Å². The Morgan fingerprint density at radius 1 is 1.12 bits per heavy atom. The molecule has 5 heteroatoms. The van der Waals surface area contributed by atoms with Gasteiger partial charge in [0.1, 0.15) is 5.82 Å². The maximum atomic E-state index is 12.6. The van der Waals surface area contributed by atoms with Crippen LogP contribution in [-0.2, 0) is 6.42 Å². The van der Waals surface area contributed by atoms with E-state index < -0.39 is 0 Å². The summed E-state index contributed by atoms with van der Waals surface area (Å²) in [6.07, 6.45) is 3.07. The minimum atomic E-state index is 0.136. The van der Waals surface area contributed by atoms with Gasteiger partial charge in [0, 0.05) is 12.6 Å². The highest BCUT2D eigenvalue weighted by atomic mass is 16.1. The zero-order valence-corrected chi connectivity index (χ0v) is 14.2. The first-order valence-electron chi connectivity index (χ1n) is 8.37. The molecule has 0 saturated carbocycles. The summed E-state index contributed by atoms with van der Waals surface area (Å²) in [6.45, 7) is 6.20. The summed E-state index contributed by atoms with van der Waals surface area (Å²) in [4.78, 5) is 21.5. The maximum absolute atomic E-state index is 12.6. The van der Waals surface area contributed by atoms with Crippen LogP contribution in [0.3, 0.4) is 0 Å². The first-order valence-corrected chi connectivity index (χ1v) is 8.37. The summed E-state index contributed by atoms with van der Waals surface area (Å²) < 4.78 is 1.60. The van der Waals surface area contributed by atoms with Crippen molar-refractivity contribution in [1.82, 2.24) is 19.6 Å². The fourth-order valence-corrected chi connectivity index (χ4v) is 3.38.